The van der Waals surface area contributed by atoms with Gasteiger partial charge in [0.25, 0.3) is 6.10 Å². The number of hydrogen-bond acceptors (Lipinski definition) is 6. The van der Waals surface area contributed by atoms with Crippen LogP contribution in [-0.2, 0) is 19.7 Å². The number of halogens is 7. The number of likely N-dealkylation sites (tertiary alicyclic amines) is 1. The Morgan fingerprint density at radius 3 is 2.12 bits per heavy atom. The van der Waals surface area contributed by atoms with Crippen molar-refractivity contribution >= 4 is 23.5 Å². The normalized spacial score (nSPS) is 23.9. The maximum absolute atomic E-state index is 13.7. The molecule has 188 valence electrons. The predicted molar refractivity (Wildman–Crippen MR) is 105 cm³/mol. The molecule has 4 rings (SSSR count). The van der Waals surface area contributed by atoms with Gasteiger partial charge in [0.2, 0.25) is 5.91 Å². The van der Waals surface area contributed by atoms with Crippen molar-refractivity contribution in [1.82, 2.24) is 20.2 Å². The SMILES string of the molecule is O=C(OC(C(F)(F)F)C(F)(F)F)C1CN(C(=O)C2(c3ncc(Cl)cn3)CC2)C2(CCNCC2)C1. The first-order chi connectivity index (χ1) is 15.8. The predicted octanol–water partition coefficient (Wildman–Crippen LogP) is 3.17. The Labute approximate surface area is 195 Å². The minimum absolute atomic E-state index is 0.0841. The number of nitrogens with one attached hydrogen (secondary N) is 1. The molecule has 14 heteroatoms. The van der Waals surface area contributed by atoms with Gasteiger partial charge < -0.3 is 15.0 Å². The molecule has 3 fully saturated rings. The fraction of sp³-hybridized carbons (Fsp3) is 0.700. The van der Waals surface area contributed by atoms with E-state index in [4.69, 9.17) is 11.6 Å². The van der Waals surface area contributed by atoms with Crippen LogP contribution in [0.15, 0.2) is 12.4 Å². The van der Waals surface area contributed by atoms with Crippen LogP contribution in [0.5, 0.6) is 0 Å². The summed E-state index contributed by atoms with van der Waals surface area (Å²) in [6, 6.07) is 0. The highest BCUT2D eigenvalue weighted by molar-refractivity contribution is 6.30. The Kier molecular flexibility index (Phi) is 6.24. The third kappa shape index (κ3) is 4.56. The van der Waals surface area contributed by atoms with E-state index in [1.54, 1.807) is 0 Å². The first kappa shape index (κ1) is 25.0. The summed E-state index contributed by atoms with van der Waals surface area (Å²) in [5.74, 6) is -3.10. The number of piperidine rings is 1. The van der Waals surface area contributed by atoms with Crippen LogP contribution in [0.1, 0.15) is 37.9 Å². The molecule has 0 bridgehead atoms. The molecule has 1 saturated carbocycles. The number of amides is 1. The van der Waals surface area contributed by atoms with Crippen molar-refractivity contribution in [3.8, 4) is 0 Å². The number of hydrogen-bond donors (Lipinski definition) is 1. The van der Waals surface area contributed by atoms with Crippen molar-refractivity contribution < 1.29 is 40.7 Å². The van der Waals surface area contributed by atoms with E-state index in [-0.39, 0.29) is 23.8 Å². The molecule has 2 saturated heterocycles. The first-order valence-corrected chi connectivity index (χ1v) is 11.0. The third-order valence-electron chi connectivity index (χ3n) is 6.75. The zero-order chi connectivity index (χ0) is 24.9. The standard InChI is InChI=1S/C20H21ClF6N4O3/c21-12-8-29-15(30-9-12)18(1-2-18)16(33)31-10-11(7-17(31)3-5-28-6-4-17)13(32)34-14(19(22,23)24)20(25,26)27/h8-9,11,14,28H,1-7,10H2. The number of esters is 1. The van der Waals surface area contributed by atoms with E-state index in [0.717, 1.165) is 0 Å². The fourth-order valence-corrected chi connectivity index (χ4v) is 4.97. The molecule has 1 unspecified atom stereocenters. The molecule has 2 aliphatic heterocycles. The molecular weight excluding hydrogens is 494 g/mol. The van der Waals surface area contributed by atoms with Crippen LogP contribution < -0.4 is 5.32 Å². The van der Waals surface area contributed by atoms with Gasteiger partial charge >= 0.3 is 18.3 Å². The molecule has 34 heavy (non-hydrogen) atoms. The van der Waals surface area contributed by atoms with E-state index < -0.39 is 47.2 Å². The zero-order valence-corrected chi connectivity index (χ0v) is 18.4. The summed E-state index contributed by atoms with van der Waals surface area (Å²) >= 11 is 5.83. The van der Waals surface area contributed by atoms with Gasteiger partial charge in [0.15, 0.2) is 0 Å². The third-order valence-corrected chi connectivity index (χ3v) is 6.95. The second-order valence-corrected chi connectivity index (χ2v) is 9.43. The lowest BCUT2D eigenvalue weighted by atomic mass is 9.82. The van der Waals surface area contributed by atoms with Crippen molar-refractivity contribution in [3.63, 3.8) is 0 Å². The van der Waals surface area contributed by atoms with Crippen molar-refractivity contribution in [2.75, 3.05) is 19.6 Å². The molecule has 1 amide bonds. The van der Waals surface area contributed by atoms with Gasteiger partial charge in [-0.2, -0.15) is 26.3 Å². The van der Waals surface area contributed by atoms with Gasteiger partial charge in [-0.1, -0.05) is 11.6 Å². The molecule has 7 nitrogen and oxygen atoms in total. The summed E-state index contributed by atoms with van der Waals surface area (Å²) in [5.41, 5.74) is -1.94. The topological polar surface area (TPSA) is 84.4 Å². The number of ether oxygens (including phenoxy) is 1. The summed E-state index contributed by atoms with van der Waals surface area (Å²) in [6.45, 7) is 0.614. The maximum atomic E-state index is 13.7. The fourth-order valence-electron chi connectivity index (χ4n) is 4.88. The molecule has 3 aliphatic rings. The quantitative estimate of drug-likeness (QED) is 0.491. The van der Waals surface area contributed by atoms with Crippen molar-refractivity contribution in [1.29, 1.82) is 0 Å². The largest absolute Gasteiger partial charge is 0.442 e. The van der Waals surface area contributed by atoms with Crippen LogP contribution in [0.4, 0.5) is 26.3 Å². The van der Waals surface area contributed by atoms with Crippen molar-refractivity contribution in [3.05, 3.63) is 23.2 Å². The van der Waals surface area contributed by atoms with Gasteiger partial charge in [-0.3, -0.25) is 9.59 Å². The summed E-state index contributed by atoms with van der Waals surface area (Å²) in [7, 11) is 0. The highest BCUT2D eigenvalue weighted by Crippen LogP contribution is 2.52. The van der Waals surface area contributed by atoms with Crippen LogP contribution >= 0.6 is 11.6 Å². The lowest BCUT2D eigenvalue weighted by molar-refractivity contribution is -0.314. The van der Waals surface area contributed by atoms with Crippen molar-refractivity contribution in [2.45, 2.75) is 61.5 Å². The molecular formula is C20H21ClF6N4O3. The van der Waals surface area contributed by atoms with Gasteiger partial charge in [0.05, 0.1) is 10.9 Å². The molecule has 0 aromatic carbocycles. The average molecular weight is 515 g/mol. The van der Waals surface area contributed by atoms with Gasteiger partial charge in [0, 0.05) is 24.5 Å². The zero-order valence-electron chi connectivity index (χ0n) is 17.7. The van der Waals surface area contributed by atoms with Crippen molar-refractivity contribution in [2.24, 2.45) is 5.92 Å². The van der Waals surface area contributed by atoms with Gasteiger partial charge in [0.1, 0.15) is 11.2 Å². The summed E-state index contributed by atoms with van der Waals surface area (Å²) in [4.78, 5) is 35.9. The van der Waals surface area contributed by atoms with Crippen LogP contribution in [0.3, 0.4) is 0 Å². The van der Waals surface area contributed by atoms with E-state index in [9.17, 15) is 35.9 Å². The number of rotatable bonds is 4. The highest BCUT2D eigenvalue weighted by Gasteiger charge is 2.63. The summed E-state index contributed by atoms with van der Waals surface area (Å²) in [6.07, 6.45) is -11.6. The molecule has 3 heterocycles. The average Bonchev–Trinajstić information content (AvgIpc) is 3.48. The molecule has 0 radical (unpaired) electrons. The highest BCUT2D eigenvalue weighted by atomic mass is 35.5. The number of carbonyl (C=O) groups is 2. The minimum atomic E-state index is -5.81. The van der Waals surface area contributed by atoms with Crippen LogP contribution in [-0.4, -0.2) is 70.4 Å². The number of alkyl halides is 6. The van der Waals surface area contributed by atoms with E-state index in [1.807, 2.05) is 0 Å². The monoisotopic (exact) mass is 514 g/mol. The molecule has 1 aromatic rings. The second kappa shape index (κ2) is 8.51. The molecule has 1 aromatic heterocycles. The van der Waals surface area contributed by atoms with Crippen LogP contribution in [0, 0.1) is 5.92 Å². The Morgan fingerprint density at radius 1 is 1.06 bits per heavy atom. The molecule has 1 aliphatic carbocycles. The summed E-state index contributed by atoms with van der Waals surface area (Å²) in [5, 5.41) is 3.39. The lowest BCUT2D eigenvalue weighted by Crippen LogP contribution is -2.55. The second-order valence-electron chi connectivity index (χ2n) is 9.00. The molecule has 1 atom stereocenters. The van der Waals surface area contributed by atoms with E-state index >= 15 is 0 Å². The van der Waals surface area contributed by atoms with E-state index in [0.29, 0.717) is 38.8 Å². The number of nitrogens with zero attached hydrogens (tertiary/aromatic N) is 3. The minimum Gasteiger partial charge on any atom is -0.442 e. The van der Waals surface area contributed by atoms with Gasteiger partial charge in [-0.05, 0) is 45.2 Å². The van der Waals surface area contributed by atoms with Gasteiger partial charge in [-0.15, -0.1) is 0 Å². The molecule has 1 N–H and O–H groups in total. The smallest absolute Gasteiger partial charge is 0.434 e. The number of aromatic nitrogens is 2. The van der Waals surface area contributed by atoms with Crippen LogP contribution in [0.25, 0.3) is 0 Å². The van der Waals surface area contributed by atoms with Crippen LogP contribution in [0.2, 0.25) is 5.02 Å². The Bertz CT molecular complexity index is 931. The number of carbonyl (C=O) groups excluding carboxylic acids is 2. The summed E-state index contributed by atoms with van der Waals surface area (Å²) < 4.78 is 81.4. The van der Waals surface area contributed by atoms with Gasteiger partial charge in [-0.25, -0.2) is 9.97 Å². The Balaban J connectivity index is 1.59. The Morgan fingerprint density at radius 2 is 1.62 bits per heavy atom. The van der Waals surface area contributed by atoms with E-state index in [2.05, 4.69) is 20.0 Å². The maximum Gasteiger partial charge on any atom is 0.434 e. The lowest BCUT2D eigenvalue weighted by Gasteiger charge is -2.43. The van der Waals surface area contributed by atoms with E-state index in [1.165, 1.54) is 17.3 Å². The first-order valence-electron chi connectivity index (χ1n) is 10.6. The Hall–Kier alpha value is -2.15. The molecule has 1 spiro atoms.